The fourth-order valence-electron chi connectivity index (χ4n) is 1.80. The van der Waals surface area contributed by atoms with Crippen molar-refractivity contribution >= 4 is 17.1 Å². The van der Waals surface area contributed by atoms with Gasteiger partial charge in [-0.05, 0) is 25.0 Å². The molecule has 0 aliphatic rings. The number of nitrogens with one attached hydrogen (secondary N) is 1. The van der Waals surface area contributed by atoms with Gasteiger partial charge < -0.3 is 10.1 Å². The lowest BCUT2D eigenvalue weighted by molar-refractivity contribution is 0.457. The highest BCUT2D eigenvalue weighted by Gasteiger charge is 2.08. The zero-order valence-electron chi connectivity index (χ0n) is 10.5. The molecule has 0 aliphatic heterocycles. The molecule has 0 aliphatic carbocycles. The van der Waals surface area contributed by atoms with E-state index in [1.165, 1.54) is 5.56 Å². The third kappa shape index (κ3) is 2.49. The van der Waals surface area contributed by atoms with Crippen molar-refractivity contribution in [3.63, 3.8) is 0 Å². The first-order chi connectivity index (χ1) is 8.08. The van der Waals surface area contributed by atoms with Crippen LogP contribution in [0.2, 0.25) is 0 Å². The molecule has 2 rings (SSSR count). The summed E-state index contributed by atoms with van der Waals surface area (Å²) in [7, 11) is 0. The van der Waals surface area contributed by atoms with E-state index in [1.54, 1.807) is 6.21 Å². The number of hydrogen-bond acceptors (Lipinski definition) is 2. The lowest BCUT2D eigenvalue weighted by Gasteiger charge is -1.97. The number of nitrogens with zero attached hydrogens (tertiary/aromatic N) is 1. The minimum atomic E-state index is 0.193. The van der Waals surface area contributed by atoms with Gasteiger partial charge in [-0.25, -0.2) is 0 Å². The molecule has 0 bridgehead atoms. The van der Waals surface area contributed by atoms with Crippen molar-refractivity contribution in [3.8, 4) is 5.88 Å². The molecule has 17 heavy (non-hydrogen) atoms. The first-order valence-electron chi connectivity index (χ1n) is 5.89. The third-order valence-electron chi connectivity index (χ3n) is 2.66. The SMILES string of the molecule is Cc1ccc2[nH]c(O)c(C=NCC(C)C)c2c1. The van der Waals surface area contributed by atoms with E-state index in [0.29, 0.717) is 5.92 Å². The molecule has 0 amide bonds. The second-order valence-electron chi connectivity index (χ2n) is 4.82. The van der Waals surface area contributed by atoms with Crippen LogP contribution in [-0.4, -0.2) is 22.8 Å². The van der Waals surface area contributed by atoms with E-state index in [4.69, 9.17) is 0 Å². The van der Waals surface area contributed by atoms with Gasteiger partial charge in [0.05, 0.1) is 5.56 Å². The second kappa shape index (κ2) is 4.62. The van der Waals surface area contributed by atoms with E-state index in [0.717, 1.165) is 23.0 Å². The number of aliphatic imine (C=N–C) groups is 1. The minimum absolute atomic E-state index is 0.193. The van der Waals surface area contributed by atoms with E-state index in [2.05, 4.69) is 29.9 Å². The van der Waals surface area contributed by atoms with Crippen molar-refractivity contribution in [2.45, 2.75) is 20.8 Å². The largest absolute Gasteiger partial charge is 0.494 e. The Balaban J connectivity index is 2.41. The van der Waals surface area contributed by atoms with Gasteiger partial charge in [0.1, 0.15) is 0 Å². The molecular weight excluding hydrogens is 212 g/mol. The number of hydrogen-bond donors (Lipinski definition) is 2. The molecular formula is C14H18N2O. The molecule has 90 valence electrons. The highest BCUT2D eigenvalue weighted by atomic mass is 16.3. The summed E-state index contributed by atoms with van der Waals surface area (Å²) in [5, 5.41) is 10.9. The Morgan fingerprint density at radius 2 is 2.18 bits per heavy atom. The Bertz CT molecular complexity index is 553. The fourth-order valence-corrected chi connectivity index (χ4v) is 1.80. The summed E-state index contributed by atoms with van der Waals surface area (Å²) in [5.41, 5.74) is 2.90. The first-order valence-corrected chi connectivity index (χ1v) is 5.89. The topological polar surface area (TPSA) is 48.4 Å². The summed E-state index contributed by atoms with van der Waals surface area (Å²) in [6.07, 6.45) is 1.76. The molecule has 0 saturated heterocycles. The van der Waals surface area contributed by atoms with Crippen LogP contribution in [0.4, 0.5) is 0 Å². The Labute approximate surface area is 101 Å². The highest BCUT2D eigenvalue weighted by Crippen LogP contribution is 2.26. The highest BCUT2D eigenvalue weighted by molar-refractivity contribution is 6.02. The first kappa shape index (κ1) is 11.7. The summed E-state index contributed by atoms with van der Waals surface area (Å²) in [6, 6.07) is 6.06. The summed E-state index contributed by atoms with van der Waals surface area (Å²) in [5.74, 6) is 0.721. The zero-order valence-corrected chi connectivity index (χ0v) is 10.5. The van der Waals surface area contributed by atoms with Crippen LogP contribution in [0.3, 0.4) is 0 Å². The molecule has 0 atom stereocenters. The van der Waals surface area contributed by atoms with Gasteiger partial charge in [-0.2, -0.15) is 0 Å². The number of aromatic amines is 1. The average molecular weight is 230 g/mol. The molecule has 2 N–H and O–H groups in total. The normalized spacial score (nSPS) is 12.0. The maximum Gasteiger partial charge on any atom is 0.198 e. The molecule has 3 heteroatoms. The Morgan fingerprint density at radius 3 is 2.88 bits per heavy atom. The molecule has 0 saturated carbocycles. The maximum atomic E-state index is 9.84. The van der Waals surface area contributed by atoms with E-state index < -0.39 is 0 Å². The number of H-pyrrole nitrogens is 1. The molecule has 2 aromatic rings. The van der Waals surface area contributed by atoms with E-state index >= 15 is 0 Å². The monoisotopic (exact) mass is 230 g/mol. The average Bonchev–Trinajstić information content (AvgIpc) is 2.55. The van der Waals surface area contributed by atoms with Crippen molar-refractivity contribution in [2.24, 2.45) is 10.9 Å². The van der Waals surface area contributed by atoms with Crippen LogP contribution in [0.15, 0.2) is 23.2 Å². The summed E-state index contributed by atoms with van der Waals surface area (Å²) >= 11 is 0. The Morgan fingerprint density at radius 1 is 1.41 bits per heavy atom. The number of benzene rings is 1. The molecule has 1 aromatic carbocycles. The summed E-state index contributed by atoms with van der Waals surface area (Å²) < 4.78 is 0. The lowest BCUT2D eigenvalue weighted by atomic mass is 10.1. The zero-order chi connectivity index (χ0) is 12.4. The second-order valence-corrected chi connectivity index (χ2v) is 4.82. The predicted molar refractivity (Wildman–Crippen MR) is 72.0 cm³/mol. The minimum Gasteiger partial charge on any atom is -0.494 e. The van der Waals surface area contributed by atoms with Gasteiger partial charge in [-0.15, -0.1) is 0 Å². The summed E-state index contributed by atoms with van der Waals surface area (Å²) in [4.78, 5) is 7.31. The van der Waals surface area contributed by atoms with Gasteiger partial charge in [-0.1, -0.05) is 25.5 Å². The smallest absolute Gasteiger partial charge is 0.198 e. The van der Waals surface area contributed by atoms with Gasteiger partial charge in [0.15, 0.2) is 5.88 Å². The maximum absolute atomic E-state index is 9.84. The number of aromatic nitrogens is 1. The molecule has 0 spiro atoms. The van der Waals surface area contributed by atoms with E-state index in [1.807, 2.05) is 19.1 Å². The summed E-state index contributed by atoms with van der Waals surface area (Å²) in [6.45, 7) is 7.06. The van der Waals surface area contributed by atoms with Crippen molar-refractivity contribution in [2.75, 3.05) is 6.54 Å². The van der Waals surface area contributed by atoms with Gasteiger partial charge >= 0.3 is 0 Å². The Kier molecular flexibility index (Phi) is 3.18. The van der Waals surface area contributed by atoms with Crippen LogP contribution < -0.4 is 0 Å². The third-order valence-corrected chi connectivity index (χ3v) is 2.66. The van der Waals surface area contributed by atoms with E-state index in [9.17, 15) is 5.11 Å². The molecule has 0 unspecified atom stereocenters. The van der Waals surface area contributed by atoms with Crippen LogP contribution in [0.25, 0.3) is 10.9 Å². The Hall–Kier alpha value is -1.77. The van der Waals surface area contributed by atoms with Crippen molar-refractivity contribution in [1.82, 2.24) is 4.98 Å². The van der Waals surface area contributed by atoms with E-state index in [-0.39, 0.29) is 5.88 Å². The van der Waals surface area contributed by atoms with Gasteiger partial charge in [-0.3, -0.25) is 4.99 Å². The van der Waals surface area contributed by atoms with Crippen molar-refractivity contribution in [1.29, 1.82) is 0 Å². The number of rotatable bonds is 3. The van der Waals surface area contributed by atoms with Crippen LogP contribution in [-0.2, 0) is 0 Å². The quantitative estimate of drug-likeness (QED) is 0.781. The number of aromatic hydroxyl groups is 1. The molecule has 1 aromatic heterocycles. The predicted octanol–water partition coefficient (Wildman–Crippen LogP) is 3.26. The lowest BCUT2D eigenvalue weighted by Crippen LogP contribution is -1.92. The fraction of sp³-hybridized carbons (Fsp3) is 0.357. The molecule has 0 radical (unpaired) electrons. The van der Waals surface area contributed by atoms with Crippen LogP contribution in [0.5, 0.6) is 5.88 Å². The number of fused-ring (bicyclic) bond motifs is 1. The molecule has 0 fully saturated rings. The van der Waals surface area contributed by atoms with Crippen LogP contribution >= 0.6 is 0 Å². The van der Waals surface area contributed by atoms with Crippen molar-refractivity contribution < 1.29 is 5.11 Å². The molecule has 3 nitrogen and oxygen atoms in total. The molecule has 1 heterocycles. The standard InChI is InChI=1S/C14H18N2O/c1-9(2)7-15-8-12-11-6-10(3)4-5-13(11)16-14(12)17/h4-6,8-9,16-17H,7H2,1-3H3. The van der Waals surface area contributed by atoms with Gasteiger partial charge in [0.2, 0.25) is 0 Å². The van der Waals surface area contributed by atoms with Crippen LogP contribution in [0.1, 0.15) is 25.0 Å². The number of aryl methyl sites for hydroxylation is 1. The van der Waals surface area contributed by atoms with Crippen molar-refractivity contribution in [3.05, 3.63) is 29.3 Å². The van der Waals surface area contributed by atoms with Gasteiger partial charge in [0.25, 0.3) is 0 Å². The van der Waals surface area contributed by atoms with Gasteiger partial charge in [0, 0.05) is 23.7 Å². The van der Waals surface area contributed by atoms with Crippen LogP contribution in [0, 0.1) is 12.8 Å².